The minimum absolute atomic E-state index is 0.753. The zero-order chi connectivity index (χ0) is 10.7. The molecule has 2 fully saturated rings. The predicted octanol–water partition coefficient (Wildman–Crippen LogP) is 1.95. The molecule has 0 bridgehead atoms. The molecule has 1 heterocycles. The fourth-order valence-corrected chi connectivity index (χ4v) is 4.12. The highest BCUT2D eigenvalue weighted by Gasteiger charge is 2.32. The van der Waals surface area contributed by atoms with Crippen LogP contribution in [0.1, 0.15) is 32.6 Å². The Morgan fingerprint density at radius 2 is 2.20 bits per heavy atom. The Bertz CT molecular complexity index is 198. The van der Waals surface area contributed by atoms with Crippen molar-refractivity contribution in [2.24, 2.45) is 0 Å². The Balaban J connectivity index is 1.76. The lowest BCUT2D eigenvalue weighted by atomic mass is 10.2. The van der Waals surface area contributed by atoms with Crippen LogP contribution in [0.25, 0.3) is 0 Å². The van der Waals surface area contributed by atoms with Crippen molar-refractivity contribution in [1.82, 2.24) is 10.2 Å². The van der Waals surface area contributed by atoms with Crippen molar-refractivity contribution in [2.75, 3.05) is 25.9 Å². The average molecular weight is 228 g/mol. The molecule has 15 heavy (non-hydrogen) atoms. The predicted molar refractivity (Wildman–Crippen MR) is 68.6 cm³/mol. The summed E-state index contributed by atoms with van der Waals surface area (Å²) in [6.45, 7) is 4.88. The molecule has 1 saturated heterocycles. The van der Waals surface area contributed by atoms with Gasteiger partial charge in [-0.05, 0) is 38.5 Å². The van der Waals surface area contributed by atoms with Crippen LogP contribution in [0.3, 0.4) is 0 Å². The molecule has 3 heteroatoms. The van der Waals surface area contributed by atoms with E-state index in [0.717, 1.165) is 17.3 Å². The van der Waals surface area contributed by atoms with E-state index < -0.39 is 0 Å². The first-order valence-electron chi connectivity index (χ1n) is 6.36. The molecule has 0 aromatic rings. The van der Waals surface area contributed by atoms with Gasteiger partial charge in [0.05, 0.1) is 0 Å². The van der Waals surface area contributed by atoms with E-state index in [1.54, 1.807) is 0 Å². The first-order valence-corrected chi connectivity index (χ1v) is 7.41. The number of nitrogens with zero attached hydrogens (tertiary/aromatic N) is 1. The molecule has 0 spiro atoms. The van der Waals surface area contributed by atoms with Gasteiger partial charge in [-0.3, -0.25) is 4.90 Å². The van der Waals surface area contributed by atoms with Crippen molar-refractivity contribution in [1.29, 1.82) is 0 Å². The normalized spacial score (nSPS) is 37.6. The highest BCUT2D eigenvalue weighted by atomic mass is 32.2. The van der Waals surface area contributed by atoms with Gasteiger partial charge in [0, 0.05) is 30.4 Å². The molecule has 1 N–H and O–H groups in total. The molecule has 0 amide bonds. The number of nitrogens with one attached hydrogen (secondary N) is 1. The van der Waals surface area contributed by atoms with Crippen molar-refractivity contribution in [2.45, 2.75) is 49.9 Å². The van der Waals surface area contributed by atoms with E-state index in [4.69, 9.17) is 0 Å². The molecule has 88 valence electrons. The van der Waals surface area contributed by atoms with E-state index in [0.29, 0.717) is 0 Å². The summed E-state index contributed by atoms with van der Waals surface area (Å²) in [7, 11) is 2.10. The summed E-state index contributed by atoms with van der Waals surface area (Å²) in [6.07, 6.45) is 5.67. The Labute approximate surface area is 98.2 Å². The Hall–Kier alpha value is 0.270. The van der Waals surface area contributed by atoms with Crippen LogP contribution in [0.4, 0.5) is 0 Å². The second kappa shape index (κ2) is 5.55. The number of likely N-dealkylation sites (N-methyl/N-ethyl adjacent to an activating group) is 1. The third-order valence-corrected chi connectivity index (χ3v) is 5.14. The summed E-state index contributed by atoms with van der Waals surface area (Å²) >= 11 is 2.17. The van der Waals surface area contributed by atoms with E-state index in [1.165, 1.54) is 44.5 Å². The van der Waals surface area contributed by atoms with Crippen molar-refractivity contribution < 1.29 is 0 Å². The fraction of sp³-hybridized carbons (Fsp3) is 1.00. The molecule has 0 aromatic carbocycles. The summed E-state index contributed by atoms with van der Waals surface area (Å²) in [5.74, 6) is 1.29. The molecule has 1 saturated carbocycles. The topological polar surface area (TPSA) is 15.3 Å². The zero-order valence-corrected chi connectivity index (χ0v) is 10.9. The number of rotatable bonds is 4. The Morgan fingerprint density at radius 1 is 1.33 bits per heavy atom. The van der Waals surface area contributed by atoms with Crippen molar-refractivity contribution in [3.8, 4) is 0 Å². The molecule has 0 radical (unpaired) electrons. The van der Waals surface area contributed by atoms with E-state index in [-0.39, 0.29) is 0 Å². The minimum Gasteiger partial charge on any atom is -0.316 e. The van der Waals surface area contributed by atoms with E-state index in [9.17, 15) is 0 Å². The first kappa shape index (κ1) is 11.7. The summed E-state index contributed by atoms with van der Waals surface area (Å²) in [6, 6.07) is 1.65. The molecule has 0 aromatic heterocycles. The van der Waals surface area contributed by atoms with Crippen molar-refractivity contribution in [3.05, 3.63) is 0 Å². The molecule has 1 aliphatic heterocycles. The van der Waals surface area contributed by atoms with E-state index in [1.807, 2.05) is 0 Å². The van der Waals surface area contributed by atoms with Gasteiger partial charge in [-0.25, -0.2) is 0 Å². The van der Waals surface area contributed by atoms with Crippen molar-refractivity contribution in [3.63, 3.8) is 0 Å². The summed E-state index contributed by atoms with van der Waals surface area (Å²) < 4.78 is 0. The first-order chi connectivity index (χ1) is 7.33. The lowest BCUT2D eigenvalue weighted by Crippen LogP contribution is -2.35. The third-order valence-electron chi connectivity index (χ3n) is 3.90. The van der Waals surface area contributed by atoms with Gasteiger partial charge in [0.1, 0.15) is 0 Å². The van der Waals surface area contributed by atoms with Crippen LogP contribution in [0.2, 0.25) is 0 Å². The Morgan fingerprint density at radius 3 is 2.87 bits per heavy atom. The van der Waals surface area contributed by atoms with Crippen LogP contribution in [-0.4, -0.2) is 48.1 Å². The van der Waals surface area contributed by atoms with Gasteiger partial charge in [0.2, 0.25) is 0 Å². The molecule has 2 nitrogen and oxygen atoms in total. The SMILES string of the molecule is CCSC1CCC(N2CCC(NC)C2)C1. The van der Waals surface area contributed by atoms with Crippen LogP contribution in [0.15, 0.2) is 0 Å². The monoisotopic (exact) mass is 228 g/mol. The van der Waals surface area contributed by atoms with Crippen LogP contribution in [0, 0.1) is 0 Å². The maximum Gasteiger partial charge on any atom is 0.0204 e. The third kappa shape index (κ3) is 2.89. The fourth-order valence-electron chi connectivity index (χ4n) is 2.99. The minimum atomic E-state index is 0.753. The molecule has 3 unspecified atom stereocenters. The maximum atomic E-state index is 3.41. The van der Waals surface area contributed by atoms with Crippen molar-refractivity contribution >= 4 is 11.8 Å². The van der Waals surface area contributed by atoms with Gasteiger partial charge in [-0.1, -0.05) is 6.92 Å². The van der Waals surface area contributed by atoms with Gasteiger partial charge in [0.25, 0.3) is 0 Å². The standard InChI is InChI=1S/C12H24N2S/c1-3-15-12-5-4-11(8-12)14-7-6-10(9-14)13-2/h10-13H,3-9H2,1-2H3. The molecule has 3 atom stereocenters. The number of likely N-dealkylation sites (tertiary alicyclic amines) is 1. The second-order valence-corrected chi connectivity index (χ2v) is 6.39. The molecule has 1 aliphatic carbocycles. The van der Waals surface area contributed by atoms with E-state index in [2.05, 4.69) is 35.9 Å². The largest absolute Gasteiger partial charge is 0.316 e. The number of thioether (sulfide) groups is 1. The van der Waals surface area contributed by atoms with Crippen LogP contribution < -0.4 is 5.32 Å². The van der Waals surface area contributed by atoms with Gasteiger partial charge in [0.15, 0.2) is 0 Å². The number of hydrogen-bond donors (Lipinski definition) is 1. The van der Waals surface area contributed by atoms with Crippen LogP contribution in [-0.2, 0) is 0 Å². The molecular formula is C12H24N2S. The maximum absolute atomic E-state index is 3.41. The van der Waals surface area contributed by atoms with Crippen LogP contribution in [0.5, 0.6) is 0 Å². The van der Waals surface area contributed by atoms with Gasteiger partial charge < -0.3 is 5.32 Å². The van der Waals surface area contributed by atoms with Crippen LogP contribution >= 0.6 is 11.8 Å². The summed E-state index contributed by atoms with van der Waals surface area (Å²) in [5, 5.41) is 4.36. The summed E-state index contributed by atoms with van der Waals surface area (Å²) in [5.41, 5.74) is 0. The lowest BCUT2D eigenvalue weighted by molar-refractivity contribution is 0.241. The van der Waals surface area contributed by atoms with Gasteiger partial charge >= 0.3 is 0 Å². The molecule has 2 aliphatic rings. The highest BCUT2D eigenvalue weighted by molar-refractivity contribution is 7.99. The quantitative estimate of drug-likeness (QED) is 0.792. The Kier molecular flexibility index (Phi) is 4.35. The molecule has 2 rings (SSSR count). The number of hydrogen-bond acceptors (Lipinski definition) is 3. The van der Waals surface area contributed by atoms with Gasteiger partial charge in [-0.15, -0.1) is 0 Å². The highest BCUT2D eigenvalue weighted by Crippen LogP contribution is 2.33. The average Bonchev–Trinajstić information content (AvgIpc) is 2.85. The lowest BCUT2D eigenvalue weighted by Gasteiger charge is -2.23. The zero-order valence-electron chi connectivity index (χ0n) is 10.0. The molecular weight excluding hydrogens is 204 g/mol. The smallest absolute Gasteiger partial charge is 0.0204 e. The summed E-state index contributed by atoms with van der Waals surface area (Å²) in [4.78, 5) is 2.72. The second-order valence-electron chi connectivity index (χ2n) is 4.81. The van der Waals surface area contributed by atoms with Gasteiger partial charge in [-0.2, -0.15) is 11.8 Å². The van der Waals surface area contributed by atoms with E-state index >= 15 is 0 Å².